The number of carbonyl (C=O) groups excluding carboxylic acids is 2. The van der Waals surface area contributed by atoms with Crippen LogP contribution in [0.3, 0.4) is 0 Å². The largest absolute Gasteiger partial charge is 0.495 e. The molecule has 0 fully saturated rings. The SMILES string of the molecule is COc1ccccc1-n1c(CNC(=O)c2cccc(C)c2)nnc1SCC(=O)N1CCc2ccccc21. The van der Waals surface area contributed by atoms with E-state index in [2.05, 4.69) is 21.6 Å². The molecule has 1 aliphatic heterocycles. The van der Waals surface area contributed by atoms with Crippen LogP contribution in [0.2, 0.25) is 0 Å². The molecule has 1 aliphatic rings. The molecule has 0 saturated heterocycles. The molecule has 2 amide bonds. The van der Waals surface area contributed by atoms with E-state index in [-0.39, 0.29) is 24.1 Å². The van der Waals surface area contributed by atoms with Gasteiger partial charge in [-0.3, -0.25) is 14.2 Å². The fourth-order valence-corrected chi connectivity index (χ4v) is 5.25. The van der Waals surface area contributed by atoms with Crippen LogP contribution in [0.1, 0.15) is 27.3 Å². The number of nitrogens with one attached hydrogen (secondary N) is 1. The summed E-state index contributed by atoms with van der Waals surface area (Å²) >= 11 is 1.31. The Morgan fingerprint density at radius 2 is 1.78 bits per heavy atom. The van der Waals surface area contributed by atoms with Crippen LogP contribution in [0, 0.1) is 6.92 Å². The number of amides is 2. The minimum absolute atomic E-state index is 0.0128. The van der Waals surface area contributed by atoms with Crippen molar-refractivity contribution in [3.05, 3.63) is 95.3 Å². The number of para-hydroxylation sites is 3. The Balaban J connectivity index is 1.38. The molecule has 0 spiro atoms. The Morgan fingerprint density at radius 3 is 2.59 bits per heavy atom. The van der Waals surface area contributed by atoms with Gasteiger partial charge >= 0.3 is 0 Å². The second-order valence-electron chi connectivity index (χ2n) is 8.67. The van der Waals surface area contributed by atoms with E-state index in [9.17, 15) is 9.59 Å². The molecule has 4 aromatic rings. The quantitative estimate of drug-likeness (QED) is 0.355. The lowest BCUT2D eigenvalue weighted by molar-refractivity contribution is -0.116. The predicted molar refractivity (Wildman–Crippen MR) is 143 cm³/mol. The maximum atomic E-state index is 13.1. The highest BCUT2D eigenvalue weighted by Crippen LogP contribution is 2.31. The summed E-state index contributed by atoms with van der Waals surface area (Å²) in [6, 6.07) is 22.9. The van der Waals surface area contributed by atoms with Crippen LogP contribution >= 0.6 is 11.8 Å². The summed E-state index contributed by atoms with van der Waals surface area (Å²) in [4.78, 5) is 27.7. The standard InChI is InChI=1S/C28H27N5O3S/c1-19-8-7-10-21(16-19)27(35)29-17-25-30-31-28(33(25)23-12-5-6-13-24(23)36-2)37-18-26(34)32-15-14-20-9-3-4-11-22(20)32/h3-13,16H,14-15,17-18H2,1-2H3,(H,29,35). The third-order valence-electron chi connectivity index (χ3n) is 6.23. The first-order valence-corrected chi connectivity index (χ1v) is 13.0. The highest BCUT2D eigenvalue weighted by molar-refractivity contribution is 7.99. The molecule has 9 heteroatoms. The minimum atomic E-state index is -0.199. The van der Waals surface area contributed by atoms with E-state index < -0.39 is 0 Å². The maximum Gasteiger partial charge on any atom is 0.251 e. The lowest BCUT2D eigenvalue weighted by Crippen LogP contribution is -2.30. The number of anilines is 1. The van der Waals surface area contributed by atoms with Crippen molar-refractivity contribution in [2.45, 2.75) is 25.0 Å². The molecular formula is C28H27N5O3S. The summed E-state index contributed by atoms with van der Waals surface area (Å²) in [5.41, 5.74) is 4.48. The van der Waals surface area contributed by atoms with Crippen molar-refractivity contribution in [1.82, 2.24) is 20.1 Å². The molecule has 0 aliphatic carbocycles. The average Bonchev–Trinajstić information content (AvgIpc) is 3.54. The van der Waals surface area contributed by atoms with E-state index in [0.717, 1.165) is 23.4 Å². The van der Waals surface area contributed by atoms with Gasteiger partial charge in [-0.1, -0.05) is 59.8 Å². The highest BCUT2D eigenvalue weighted by Gasteiger charge is 2.25. The number of methoxy groups -OCH3 is 1. The Morgan fingerprint density at radius 1 is 1.00 bits per heavy atom. The van der Waals surface area contributed by atoms with Crippen molar-refractivity contribution >= 4 is 29.3 Å². The molecule has 5 rings (SSSR count). The summed E-state index contributed by atoms with van der Waals surface area (Å²) in [5, 5.41) is 12.2. The highest BCUT2D eigenvalue weighted by atomic mass is 32.2. The van der Waals surface area contributed by atoms with Crippen molar-refractivity contribution in [3.8, 4) is 11.4 Å². The minimum Gasteiger partial charge on any atom is -0.495 e. The van der Waals surface area contributed by atoms with Gasteiger partial charge in [-0.2, -0.15) is 0 Å². The molecule has 0 bridgehead atoms. The van der Waals surface area contributed by atoms with E-state index in [4.69, 9.17) is 4.74 Å². The Kier molecular flexibility index (Phi) is 7.23. The Hall–Kier alpha value is -4.11. The zero-order chi connectivity index (χ0) is 25.8. The van der Waals surface area contributed by atoms with Gasteiger partial charge in [0.25, 0.3) is 5.91 Å². The number of hydrogen-bond acceptors (Lipinski definition) is 6. The van der Waals surface area contributed by atoms with E-state index >= 15 is 0 Å². The van der Waals surface area contributed by atoms with Gasteiger partial charge in [-0.25, -0.2) is 0 Å². The van der Waals surface area contributed by atoms with Crippen LogP contribution in [0.25, 0.3) is 5.69 Å². The molecule has 0 radical (unpaired) electrons. The van der Waals surface area contributed by atoms with E-state index in [1.54, 1.807) is 13.2 Å². The monoisotopic (exact) mass is 513 g/mol. The number of carbonyl (C=O) groups is 2. The van der Waals surface area contributed by atoms with Gasteiger partial charge in [0.1, 0.15) is 5.75 Å². The number of aryl methyl sites for hydroxylation is 1. The zero-order valence-electron chi connectivity index (χ0n) is 20.7. The van der Waals surface area contributed by atoms with Crippen LogP contribution in [0.4, 0.5) is 5.69 Å². The van der Waals surface area contributed by atoms with Crippen molar-refractivity contribution in [3.63, 3.8) is 0 Å². The molecule has 3 aromatic carbocycles. The van der Waals surface area contributed by atoms with Gasteiger partial charge < -0.3 is 15.0 Å². The summed E-state index contributed by atoms with van der Waals surface area (Å²) in [7, 11) is 1.60. The van der Waals surface area contributed by atoms with Crippen molar-refractivity contribution in [2.75, 3.05) is 24.3 Å². The topological polar surface area (TPSA) is 89.3 Å². The van der Waals surface area contributed by atoms with Crippen molar-refractivity contribution < 1.29 is 14.3 Å². The van der Waals surface area contributed by atoms with E-state index in [1.165, 1.54) is 17.3 Å². The molecule has 0 saturated carbocycles. The number of ether oxygens (including phenoxy) is 1. The molecule has 0 unspecified atom stereocenters. The molecule has 1 N–H and O–H groups in total. The Bertz CT molecular complexity index is 1450. The average molecular weight is 514 g/mol. The second kappa shape index (κ2) is 10.9. The normalized spacial score (nSPS) is 12.3. The van der Waals surface area contributed by atoms with Crippen LogP contribution < -0.4 is 15.0 Å². The molecular weight excluding hydrogens is 486 g/mol. The summed E-state index contributed by atoms with van der Waals surface area (Å²) in [6.45, 7) is 2.78. The lowest BCUT2D eigenvalue weighted by Gasteiger charge is -2.17. The first-order valence-electron chi connectivity index (χ1n) is 12.0. The number of fused-ring (bicyclic) bond motifs is 1. The van der Waals surface area contributed by atoms with Crippen molar-refractivity contribution in [1.29, 1.82) is 0 Å². The number of thioether (sulfide) groups is 1. The number of hydrogen-bond donors (Lipinski definition) is 1. The molecule has 8 nitrogen and oxygen atoms in total. The molecule has 37 heavy (non-hydrogen) atoms. The van der Waals surface area contributed by atoms with Gasteiger partial charge in [-0.15, -0.1) is 10.2 Å². The van der Waals surface area contributed by atoms with E-state index in [0.29, 0.717) is 28.8 Å². The van der Waals surface area contributed by atoms with Crippen LogP contribution in [0.5, 0.6) is 5.75 Å². The Labute approximate surface area is 219 Å². The third kappa shape index (κ3) is 5.22. The summed E-state index contributed by atoms with van der Waals surface area (Å²) in [6.07, 6.45) is 0.856. The first-order chi connectivity index (χ1) is 18.0. The third-order valence-corrected chi connectivity index (χ3v) is 7.14. The molecule has 188 valence electrons. The second-order valence-corrected chi connectivity index (χ2v) is 9.61. The number of rotatable bonds is 8. The van der Waals surface area contributed by atoms with E-state index in [1.807, 2.05) is 77.1 Å². The smallest absolute Gasteiger partial charge is 0.251 e. The lowest BCUT2D eigenvalue weighted by atomic mass is 10.1. The summed E-state index contributed by atoms with van der Waals surface area (Å²) in [5.74, 6) is 1.19. The van der Waals surface area contributed by atoms with Crippen LogP contribution in [-0.2, 0) is 17.8 Å². The fraction of sp³-hybridized carbons (Fsp3) is 0.214. The van der Waals surface area contributed by atoms with Gasteiger partial charge in [0.15, 0.2) is 11.0 Å². The number of nitrogens with zero attached hydrogens (tertiary/aromatic N) is 4. The fourth-order valence-electron chi connectivity index (χ4n) is 4.41. The van der Waals surface area contributed by atoms with Gasteiger partial charge in [0.2, 0.25) is 5.91 Å². The van der Waals surface area contributed by atoms with Crippen molar-refractivity contribution in [2.24, 2.45) is 0 Å². The van der Waals surface area contributed by atoms with Crippen LogP contribution in [0.15, 0.2) is 78.0 Å². The number of benzene rings is 3. The zero-order valence-corrected chi connectivity index (χ0v) is 21.5. The first kappa shape index (κ1) is 24.6. The molecule has 2 heterocycles. The molecule has 1 aromatic heterocycles. The predicted octanol–water partition coefficient (Wildman–Crippen LogP) is 4.20. The van der Waals surface area contributed by atoms with Gasteiger partial charge in [-0.05, 0) is 49.2 Å². The van der Waals surface area contributed by atoms with Gasteiger partial charge in [0.05, 0.1) is 25.1 Å². The number of aromatic nitrogens is 3. The maximum absolute atomic E-state index is 13.1. The summed E-state index contributed by atoms with van der Waals surface area (Å²) < 4.78 is 7.42. The van der Waals surface area contributed by atoms with Crippen LogP contribution in [-0.4, -0.2) is 46.0 Å². The van der Waals surface area contributed by atoms with Gasteiger partial charge in [0, 0.05) is 17.8 Å². The molecule has 0 atom stereocenters.